The summed E-state index contributed by atoms with van der Waals surface area (Å²) in [5, 5.41) is 8.77. The normalized spacial score (nSPS) is 9.71. The third-order valence-corrected chi connectivity index (χ3v) is 2.44. The number of halogens is 1. The van der Waals surface area contributed by atoms with Crippen LogP contribution in [0.25, 0.3) is 0 Å². The number of anilines is 2. The monoisotopic (exact) mass is 227 g/mol. The van der Waals surface area contributed by atoms with E-state index in [1.165, 1.54) is 12.1 Å². The molecule has 0 unspecified atom stereocenters. The summed E-state index contributed by atoms with van der Waals surface area (Å²) in [6.45, 7) is 0. The number of aromatic nitrogens is 1. The summed E-state index contributed by atoms with van der Waals surface area (Å²) in [6.07, 6.45) is 1.56. The number of rotatable bonds is 2. The molecule has 1 aromatic carbocycles. The van der Waals surface area contributed by atoms with Crippen molar-refractivity contribution < 1.29 is 4.39 Å². The maximum Gasteiger partial charge on any atom is 0.142 e. The first-order chi connectivity index (χ1) is 8.20. The second-order valence-corrected chi connectivity index (χ2v) is 3.55. The number of pyridine rings is 1. The molecule has 0 bridgehead atoms. The summed E-state index contributed by atoms with van der Waals surface area (Å²) in [7, 11) is 1.81. The Morgan fingerprint density at radius 2 is 2.00 bits per heavy atom. The summed E-state index contributed by atoms with van der Waals surface area (Å²) in [5.41, 5.74) is 1.85. The van der Waals surface area contributed by atoms with Gasteiger partial charge >= 0.3 is 0 Å². The van der Waals surface area contributed by atoms with E-state index in [1.54, 1.807) is 35.4 Å². The van der Waals surface area contributed by atoms with Gasteiger partial charge in [-0.2, -0.15) is 5.26 Å². The Bertz CT molecular complexity index is 575. The molecule has 0 spiro atoms. The second kappa shape index (κ2) is 4.62. The van der Waals surface area contributed by atoms with Crippen LogP contribution in [0.3, 0.4) is 0 Å². The van der Waals surface area contributed by atoms with E-state index in [0.717, 1.165) is 11.4 Å². The fourth-order valence-corrected chi connectivity index (χ4v) is 1.52. The average molecular weight is 227 g/mol. The Labute approximate surface area is 98.8 Å². The molecule has 0 aliphatic carbocycles. The number of benzene rings is 1. The van der Waals surface area contributed by atoms with Crippen LogP contribution >= 0.6 is 0 Å². The van der Waals surface area contributed by atoms with Gasteiger partial charge in [-0.25, -0.2) is 9.37 Å². The SMILES string of the molecule is CN(c1cccc(F)c1)c1ccnc(C#N)c1. The lowest BCUT2D eigenvalue weighted by Gasteiger charge is -2.19. The smallest absolute Gasteiger partial charge is 0.142 e. The molecule has 0 saturated carbocycles. The van der Waals surface area contributed by atoms with Gasteiger partial charge in [0.25, 0.3) is 0 Å². The number of hydrogen-bond acceptors (Lipinski definition) is 3. The summed E-state index contributed by atoms with van der Waals surface area (Å²) < 4.78 is 13.1. The molecule has 0 N–H and O–H groups in total. The zero-order chi connectivity index (χ0) is 12.3. The lowest BCUT2D eigenvalue weighted by molar-refractivity contribution is 0.628. The molecule has 2 aromatic rings. The van der Waals surface area contributed by atoms with E-state index in [1.807, 2.05) is 13.1 Å². The Balaban J connectivity index is 2.37. The van der Waals surface area contributed by atoms with Gasteiger partial charge in [0.1, 0.15) is 17.6 Å². The van der Waals surface area contributed by atoms with Gasteiger partial charge in [0.2, 0.25) is 0 Å². The van der Waals surface area contributed by atoms with E-state index in [9.17, 15) is 4.39 Å². The van der Waals surface area contributed by atoms with Gasteiger partial charge in [-0.3, -0.25) is 0 Å². The highest BCUT2D eigenvalue weighted by molar-refractivity contribution is 5.62. The van der Waals surface area contributed by atoms with Crippen LogP contribution in [0.15, 0.2) is 42.6 Å². The van der Waals surface area contributed by atoms with Crippen molar-refractivity contribution in [3.8, 4) is 6.07 Å². The fourth-order valence-electron chi connectivity index (χ4n) is 1.52. The molecule has 0 radical (unpaired) electrons. The van der Waals surface area contributed by atoms with Crippen molar-refractivity contribution in [1.29, 1.82) is 5.26 Å². The molecule has 0 fully saturated rings. The van der Waals surface area contributed by atoms with Crippen LogP contribution in [0.2, 0.25) is 0 Å². The van der Waals surface area contributed by atoms with Gasteiger partial charge in [0.15, 0.2) is 0 Å². The predicted octanol–water partition coefficient (Wildman–Crippen LogP) is 2.86. The van der Waals surface area contributed by atoms with E-state index in [2.05, 4.69) is 4.98 Å². The van der Waals surface area contributed by atoms with Crippen molar-refractivity contribution in [3.05, 3.63) is 54.1 Å². The molecule has 4 heteroatoms. The molecule has 0 aliphatic heterocycles. The minimum absolute atomic E-state index is 0.288. The molecule has 0 aliphatic rings. The van der Waals surface area contributed by atoms with Gasteiger partial charge in [0.05, 0.1) is 0 Å². The third-order valence-electron chi connectivity index (χ3n) is 2.44. The molecule has 1 heterocycles. The Hall–Kier alpha value is -2.41. The number of nitriles is 1. The van der Waals surface area contributed by atoms with Crippen LogP contribution < -0.4 is 4.90 Å². The standard InChI is InChI=1S/C13H10FN3/c1-17(12-4-2-3-10(14)7-12)13-5-6-16-11(8-13)9-15/h2-8H,1H3. The van der Waals surface area contributed by atoms with Crippen molar-refractivity contribution in [2.75, 3.05) is 11.9 Å². The van der Waals surface area contributed by atoms with Crippen molar-refractivity contribution in [2.24, 2.45) is 0 Å². The van der Waals surface area contributed by atoms with Gasteiger partial charge in [-0.05, 0) is 30.3 Å². The summed E-state index contributed by atoms with van der Waals surface area (Å²) >= 11 is 0. The topological polar surface area (TPSA) is 39.9 Å². The average Bonchev–Trinajstić information content (AvgIpc) is 2.38. The third kappa shape index (κ3) is 2.40. The van der Waals surface area contributed by atoms with E-state index >= 15 is 0 Å². The first-order valence-corrected chi connectivity index (χ1v) is 5.06. The summed E-state index contributed by atoms with van der Waals surface area (Å²) in [6, 6.07) is 11.7. The second-order valence-electron chi connectivity index (χ2n) is 3.55. The van der Waals surface area contributed by atoms with Crippen LogP contribution in [0.4, 0.5) is 15.8 Å². The number of nitrogens with zero attached hydrogens (tertiary/aromatic N) is 3. The molecule has 0 saturated heterocycles. The van der Waals surface area contributed by atoms with Gasteiger partial charge in [0, 0.05) is 24.6 Å². The van der Waals surface area contributed by atoms with Crippen molar-refractivity contribution >= 4 is 11.4 Å². The Morgan fingerprint density at radius 3 is 2.71 bits per heavy atom. The molecule has 0 amide bonds. The lowest BCUT2D eigenvalue weighted by atomic mass is 10.2. The molecular formula is C13H10FN3. The highest BCUT2D eigenvalue weighted by atomic mass is 19.1. The molecule has 84 valence electrons. The maximum absolute atomic E-state index is 13.1. The molecule has 1 aromatic heterocycles. The van der Waals surface area contributed by atoms with Crippen LogP contribution in [0.5, 0.6) is 0 Å². The minimum atomic E-state index is -0.288. The molecule has 0 atom stereocenters. The van der Waals surface area contributed by atoms with Crippen molar-refractivity contribution in [3.63, 3.8) is 0 Å². The Kier molecular flexibility index (Phi) is 3.01. The van der Waals surface area contributed by atoms with Crippen molar-refractivity contribution in [1.82, 2.24) is 4.98 Å². The molecule has 3 nitrogen and oxygen atoms in total. The first kappa shape index (κ1) is 11.1. The first-order valence-electron chi connectivity index (χ1n) is 5.06. The predicted molar refractivity (Wildman–Crippen MR) is 63.4 cm³/mol. The fraction of sp³-hybridized carbons (Fsp3) is 0.0769. The van der Waals surface area contributed by atoms with Crippen LogP contribution in [-0.2, 0) is 0 Å². The highest BCUT2D eigenvalue weighted by Gasteiger charge is 2.05. The zero-order valence-corrected chi connectivity index (χ0v) is 9.26. The summed E-state index contributed by atoms with van der Waals surface area (Å²) in [4.78, 5) is 5.69. The number of hydrogen-bond donors (Lipinski definition) is 0. The van der Waals surface area contributed by atoms with Crippen LogP contribution in [-0.4, -0.2) is 12.0 Å². The molecule has 17 heavy (non-hydrogen) atoms. The highest BCUT2D eigenvalue weighted by Crippen LogP contribution is 2.23. The minimum Gasteiger partial charge on any atom is -0.344 e. The van der Waals surface area contributed by atoms with E-state index in [-0.39, 0.29) is 5.82 Å². The lowest BCUT2D eigenvalue weighted by Crippen LogP contribution is -2.09. The van der Waals surface area contributed by atoms with E-state index in [4.69, 9.17) is 5.26 Å². The van der Waals surface area contributed by atoms with Gasteiger partial charge in [-0.15, -0.1) is 0 Å². The van der Waals surface area contributed by atoms with Crippen LogP contribution in [0.1, 0.15) is 5.69 Å². The quantitative estimate of drug-likeness (QED) is 0.792. The Morgan fingerprint density at radius 1 is 1.24 bits per heavy atom. The molecular weight excluding hydrogens is 217 g/mol. The van der Waals surface area contributed by atoms with E-state index in [0.29, 0.717) is 5.69 Å². The largest absolute Gasteiger partial charge is 0.344 e. The van der Waals surface area contributed by atoms with Crippen molar-refractivity contribution in [2.45, 2.75) is 0 Å². The van der Waals surface area contributed by atoms with Gasteiger partial charge in [-0.1, -0.05) is 6.07 Å². The van der Waals surface area contributed by atoms with Gasteiger partial charge < -0.3 is 4.90 Å². The summed E-state index contributed by atoms with van der Waals surface area (Å²) in [5.74, 6) is -0.288. The molecule has 2 rings (SSSR count). The maximum atomic E-state index is 13.1. The van der Waals surface area contributed by atoms with Crippen LogP contribution in [0, 0.1) is 17.1 Å². The zero-order valence-electron chi connectivity index (χ0n) is 9.26. The van der Waals surface area contributed by atoms with E-state index < -0.39 is 0 Å².